The second kappa shape index (κ2) is 6.97. The number of thiophene rings is 1. The van der Waals surface area contributed by atoms with Gasteiger partial charge >= 0.3 is 0 Å². The molecule has 0 aliphatic heterocycles. The van der Waals surface area contributed by atoms with Gasteiger partial charge in [-0.25, -0.2) is 0 Å². The van der Waals surface area contributed by atoms with Gasteiger partial charge in [-0.1, -0.05) is 12.1 Å². The first kappa shape index (κ1) is 15.2. The summed E-state index contributed by atoms with van der Waals surface area (Å²) in [6.07, 6.45) is 3.73. The predicted molar refractivity (Wildman–Crippen MR) is 85.6 cm³/mol. The molecule has 2 heterocycles. The van der Waals surface area contributed by atoms with Gasteiger partial charge < -0.3 is 5.73 Å². The number of nitrogens with zero attached hydrogens (tertiary/aromatic N) is 2. The average Bonchev–Trinajstić information content (AvgIpc) is 2.91. The molecule has 0 fully saturated rings. The van der Waals surface area contributed by atoms with Crippen LogP contribution in [0.2, 0.25) is 0 Å². The maximum absolute atomic E-state index is 6.27. The van der Waals surface area contributed by atoms with Crippen molar-refractivity contribution in [3.05, 3.63) is 52.5 Å². The molecule has 2 atom stereocenters. The van der Waals surface area contributed by atoms with E-state index in [-0.39, 0.29) is 12.1 Å². The Morgan fingerprint density at radius 1 is 1.25 bits per heavy atom. The summed E-state index contributed by atoms with van der Waals surface area (Å²) < 4.78 is 0. The van der Waals surface area contributed by atoms with E-state index in [1.54, 1.807) is 17.5 Å². The smallest absolute Gasteiger partial charge is 0.0518 e. The third-order valence-corrected chi connectivity index (χ3v) is 4.32. The van der Waals surface area contributed by atoms with Crippen molar-refractivity contribution in [3.8, 4) is 0 Å². The van der Waals surface area contributed by atoms with E-state index in [0.29, 0.717) is 6.04 Å². The molecule has 2 rings (SSSR count). The molecule has 0 aliphatic rings. The van der Waals surface area contributed by atoms with Crippen LogP contribution in [-0.4, -0.2) is 22.0 Å². The van der Waals surface area contributed by atoms with Crippen LogP contribution in [0.3, 0.4) is 0 Å². The van der Waals surface area contributed by atoms with E-state index in [2.05, 4.69) is 54.2 Å². The molecule has 2 aromatic rings. The molecule has 108 valence electrons. The molecule has 0 amide bonds. The molecule has 4 heteroatoms. The largest absolute Gasteiger partial charge is 0.326 e. The second-order valence-electron chi connectivity index (χ2n) is 5.44. The Kier molecular flexibility index (Phi) is 5.29. The van der Waals surface area contributed by atoms with Gasteiger partial charge in [-0.3, -0.25) is 9.88 Å². The lowest BCUT2D eigenvalue weighted by Crippen LogP contribution is -2.42. The Balaban J connectivity index is 2.28. The Hall–Kier alpha value is -1.23. The summed E-state index contributed by atoms with van der Waals surface area (Å²) in [5, 5.41) is 2.12. The predicted octanol–water partition coefficient (Wildman–Crippen LogP) is 3.44. The Labute approximate surface area is 125 Å². The maximum atomic E-state index is 6.27. The van der Waals surface area contributed by atoms with Crippen LogP contribution in [0.1, 0.15) is 37.3 Å². The van der Waals surface area contributed by atoms with Crippen LogP contribution in [0, 0.1) is 0 Å². The Morgan fingerprint density at radius 2 is 2.05 bits per heavy atom. The van der Waals surface area contributed by atoms with Gasteiger partial charge in [0, 0.05) is 35.9 Å². The van der Waals surface area contributed by atoms with Gasteiger partial charge in [0.05, 0.1) is 6.04 Å². The number of hydrogen-bond acceptors (Lipinski definition) is 4. The van der Waals surface area contributed by atoms with E-state index in [0.717, 1.165) is 6.54 Å². The molecule has 0 radical (unpaired) electrons. The van der Waals surface area contributed by atoms with Gasteiger partial charge in [-0.15, -0.1) is 11.3 Å². The number of aromatic nitrogens is 1. The molecule has 0 bridgehead atoms. The molecule has 3 nitrogen and oxygen atoms in total. The summed E-state index contributed by atoms with van der Waals surface area (Å²) in [5.74, 6) is 0. The summed E-state index contributed by atoms with van der Waals surface area (Å²) in [5.41, 5.74) is 7.46. The topological polar surface area (TPSA) is 42.1 Å². The standard InChI is InChI=1S/C16H23N3S/c1-12(2)19(11-15-7-5-9-20-15)16(13(3)17)14-6-4-8-18-10-14/h4-10,12-13,16H,11,17H2,1-3H3. The van der Waals surface area contributed by atoms with E-state index in [4.69, 9.17) is 5.73 Å². The van der Waals surface area contributed by atoms with Crippen LogP contribution in [0.5, 0.6) is 0 Å². The Bertz CT molecular complexity index is 494. The van der Waals surface area contributed by atoms with Crippen LogP contribution in [-0.2, 0) is 6.54 Å². The highest BCUT2D eigenvalue weighted by Crippen LogP contribution is 2.28. The number of hydrogen-bond donors (Lipinski definition) is 1. The summed E-state index contributed by atoms with van der Waals surface area (Å²) in [6.45, 7) is 7.44. The first-order chi connectivity index (χ1) is 9.59. The summed E-state index contributed by atoms with van der Waals surface area (Å²) >= 11 is 1.79. The zero-order valence-electron chi connectivity index (χ0n) is 12.4. The third-order valence-electron chi connectivity index (χ3n) is 3.46. The fourth-order valence-corrected chi connectivity index (χ4v) is 3.25. The minimum atomic E-state index is 0.0570. The highest BCUT2D eigenvalue weighted by molar-refractivity contribution is 7.09. The molecule has 0 saturated heterocycles. The lowest BCUT2D eigenvalue weighted by molar-refractivity contribution is 0.128. The van der Waals surface area contributed by atoms with Crippen LogP contribution in [0.25, 0.3) is 0 Å². The molecular weight excluding hydrogens is 266 g/mol. The van der Waals surface area contributed by atoms with Crippen LogP contribution in [0.4, 0.5) is 0 Å². The number of rotatable bonds is 6. The van der Waals surface area contributed by atoms with E-state index in [1.165, 1.54) is 10.4 Å². The molecule has 2 unspecified atom stereocenters. The average molecular weight is 289 g/mol. The molecule has 0 aromatic carbocycles. The van der Waals surface area contributed by atoms with Crippen LogP contribution >= 0.6 is 11.3 Å². The summed E-state index contributed by atoms with van der Waals surface area (Å²) in [7, 11) is 0. The highest BCUT2D eigenvalue weighted by atomic mass is 32.1. The minimum absolute atomic E-state index is 0.0570. The summed E-state index contributed by atoms with van der Waals surface area (Å²) in [4.78, 5) is 8.07. The summed E-state index contributed by atoms with van der Waals surface area (Å²) in [6, 6.07) is 9.05. The fourth-order valence-electron chi connectivity index (χ4n) is 2.53. The van der Waals surface area contributed by atoms with Crippen molar-refractivity contribution in [2.45, 2.75) is 45.4 Å². The van der Waals surface area contributed by atoms with Crippen molar-refractivity contribution < 1.29 is 0 Å². The van der Waals surface area contributed by atoms with E-state index < -0.39 is 0 Å². The first-order valence-corrected chi connectivity index (χ1v) is 7.91. The van der Waals surface area contributed by atoms with Gasteiger partial charge in [0.15, 0.2) is 0 Å². The zero-order valence-corrected chi connectivity index (χ0v) is 13.2. The van der Waals surface area contributed by atoms with Gasteiger partial charge in [-0.05, 0) is 43.8 Å². The van der Waals surface area contributed by atoms with Crippen molar-refractivity contribution in [2.24, 2.45) is 5.73 Å². The molecule has 2 N–H and O–H groups in total. The van der Waals surface area contributed by atoms with E-state index in [1.807, 2.05) is 12.3 Å². The first-order valence-electron chi connectivity index (χ1n) is 7.03. The minimum Gasteiger partial charge on any atom is -0.326 e. The zero-order chi connectivity index (χ0) is 14.5. The molecular formula is C16H23N3S. The number of pyridine rings is 1. The molecule has 2 aromatic heterocycles. The lowest BCUT2D eigenvalue weighted by Gasteiger charge is -2.37. The SMILES string of the molecule is CC(N)C(c1cccnc1)N(Cc1cccs1)C(C)C. The van der Waals surface area contributed by atoms with Crippen molar-refractivity contribution in [3.63, 3.8) is 0 Å². The van der Waals surface area contributed by atoms with Gasteiger partial charge in [0.2, 0.25) is 0 Å². The van der Waals surface area contributed by atoms with Crippen LogP contribution < -0.4 is 5.73 Å². The van der Waals surface area contributed by atoms with Crippen LogP contribution in [0.15, 0.2) is 42.0 Å². The molecule has 20 heavy (non-hydrogen) atoms. The van der Waals surface area contributed by atoms with Gasteiger partial charge in [0.1, 0.15) is 0 Å². The monoisotopic (exact) mass is 289 g/mol. The lowest BCUT2D eigenvalue weighted by atomic mass is 9.99. The third kappa shape index (κ3) is 3.66. The van der Waals surface area contributed by atoms with Crippen molar-refractivity contribution >= 4 is 11.3 Å². The highest BCUT2D eigenvalue weighted by Gasteiger charge is 2.26. The second-order valence-corrected chi connectivity index (χ2v) is 6.47. The van der Waals surface area contributed by atoms with Gasteiger partial charge in [-0.2, -0.15) is 0 Å². The van der Waals surface area contributed by atoms with E-state index >= 15 is 0 Å². The van der Waals surface area contributed by atoms with Crippen molar-refractivity contribution in [2.75, 3.05) is 0 Å². The fraction of sp³-hybridized carbons (Fsp3) is 0.438. The normalized spacial score (nSPS) is 14.7. The van der Waals surface area contributed by atoms with Gasteiger partial charge in [0.25, 0.3) is 0 Å². The molecule has 0 spiro atoms. The van der Waals surface area contributed by atoms with E-state index in [9.17, 15) is 0 Å². The maximum Gasteiger partial charge on any atom is 0.0518 e. The van der Waals surface area contributed by atoms with Crippen molar-refractivity contribution in [1.29, 1.82) is 0 Å². The molecule has 0 saturated carbocycles. The van der Waals surface area contributed by atoms with Crippen molar-refractivity contribution in [1.82, 2.24) is 9.88 Å². The quantitative estimate of drug-likeness (QED) is 0.885. The number of nitrogens with two attached hydrogens (primary N) is 1. The molecule has 0 aliphatic carbocycles. The Morgan fingerprint density at radius 3 is 2.55 bits per heavy atom.